The first-order valence-corrected chi connectivity index (χ1v) is 5.67. The van der Waals surface area contributed by atoms with Gasteiger partial charge in [0, 0.05) is 18.0 Å². The van der Waals surface area contributed by atoms with Gasteiger partial charge >= 0.3 is 5.97 Å². The molecule has 1 aliphatic rings. The third-order valence-corrected chi connectivity index (χ3v) is 3.37. The van der Waals surface area contributed by atoms with Gasteiger partial charge < -0.3 is 5.11 Å². The number of aromatic nitrogens is 5. The summed E-state index contributed by atoms with van der Waals surface area (Å²) in [7, 11) is 0. The molecule has 2 heterocycles. The molecular formula is C11H11N5O2. The van der Waals surface area contributed by atoms with Crippen LogP contribution in [0.15, 0.2) is 24.5 Å². The fraction of sp³-hybridized carbons (Fsp3) is 0.364. The Morgan fingerprint density at radius 3 is 2.83 bits per heavy atom. The van der Waals surface area contributed by atoms with E-state index in [4.69, 9.17) is 0 Å². The Labute approximate surface area is 102 Å². The van der Waals surface area contributed by atoms with E-state index in [9.17, 15) is 9.90 Å². The van der Waals surface area contributed by atoms with Gasteiger partial charge in [-0.25, -0.2) is 9.48 Å². The topological polar surface area (TPSA) is 93.8 Å². The Morgan fingerprint density at radius 2 is 2.28 bits per heavy atom. The maximum absolute atomic E-state index is 11.5. The molecule has 0 atom stereocenters. The molecule has 0 radical (unpaired) electrons. The molecule has 1 aliphatic carbocycles. The number of nitrogens with zero attached hydrogens (tertiary/aromatic N) is 5. The number of tetrazole rings is 1. The van der Waals surface area contributed by atoms with Crippen molar-refractivity contribution in [1.82, 2.24) is 25.2 Å². The van der Waals surface area contributed by atoms with Crippen LogP contribution in [0.3, 0.4) is 0 Å². The summed E-state index contributed by atoms with van der Waals surface area (Å²) < 4.78 is 1.41. The Hall–Kier alpha value is -2.31. The highest BCUT2D eigenvalue weighted by atomic mass is 16.4. The first kappa shape index (κ1) is 10.8. The zero-order chi connectivity index (χ0) is 12.6. The van der Waals surface area contributed by atoms with Crippen LogP contribution in [0.5, 0.6) is 0 Å². The Morgan fingerprint density at radius 1 is 1.44 bits per heavy atom. The average Bonchev–Trinajstić information content (AvgIpc) is 2.77. The number of rotatable bonds is 3. The number of hydrogen-bond acceptors (Lipinski definition) is 5. The van der Waals surface area contributed by atoms with Crippen molar-refractivity contribution in [2.24, 2.45) is 0 Å². The highest BCUT2D eigenvalue weighted by Gasteiger charge is 2.49. The summed E-state index contributed by atoms with van der Waals surface area (Å²) in [6, 6.07) is 3.58. The van der Waals surface area contributed by atoms with Gasteiger partial charge in [0.15, 0.2) is 11.4 Å². The third kappa shape index (κ3) is 1.40. The van der Waals surface area contributed by atoms with Gasteiger partial charge in [-0.1, -0.05) is 0 Å². The lowest BCUT2D eigenvalue weighted by Crippen LogP contribution is -2.48. The van der Waals surface area contributed by atoms with Crippen LogP contribution >= 0.6 is 0 Å². The van der Waals surface area contributed by atoms with Gasteiger partial charge in [0.1, 0.15) is 0 Å². The van der Waals surface area contributed by atoms with Crippen molar-refractivity contribution >= 4 is 5.97 Å². The smallest absolute Gasteiger partial charge is 0.331 e. The first-order chi connectivity index (χ1) is 8.74. The molecule has 1 fully saturated rings. The molecule has 0 unspecified atom stereocenters. The summed E-state index contributed by atoms with van der Waals surface area (Å²) in [5, 5.41) is 20.8. The molecule has 0 bridgehead atoms. The lowest BCUT2D eigenvalue weighted by atomic mass is 9.76. The van der Waals surface area contributed by atoms with Crippen molar-refractivity contribution in [2.75, 3.05) is 0 Å². The van der Waals surface area contributed by atoms with Crippen molar-refractivity contribution in [1.29, 1.82) is 0 Å². The minimum Gasteiger partial charge on any atom is -0.479 e. The minimum absolute atomic E-state index is 0.449. The maximum atomic E-state index is 11.5. The molecule has 18 heavy (non-hydrogen) atoms. The SMILES string of the molecule is O=C(O)C1(n2nnnc2-c2cccnc2)CCC1. The van der Waals surface area contributed by atoms with E-state index in [-0.39, 0.29) is 0 Å². The normalized spacial score (nSPS) is 17.1. The Bertz CT molecular complexity index is 576. The van der Waals surface area contributed by atoms with Crippen LogP contribution < -0.4 is 0 Å². The van der Waals surface area contributed by atoms with E-state index in [0.717, 1.165) is 12.0 Å². The van der Waals surface area contributed by atoms with Crippen LogP contribution in [0.2, 0.25) is 0 Å². The van der Waals surface area contributed by atoms with E-state index < -0.39 is 11.5 Å². The van der Waals surface area contributed by atoms with Crippen molar-refractivity contribution in [3.05, 3.63) is 24.5 Å². The van der Waals surface area contributed by atoms with Crippen molar-refractivity contribution in [3.8, 4) is 11.4 Å². The minimum atomic E-state index is -0.991. The number of hydrogen-bond donors (Lipinski definition) is 1. The predicted octanol–water partition coefficient (Wildman–Crippen LogP) is 0.699. The summed E-state index contributed by atoms with van der Waals surface area (Å²) in [5.41, 5.74) is -0.274. The Balaban J connectivity index is 2.10. The molecule has 0 aromatic carbocycles. The number of carboxylic acid groups (broad SMARTS) is 1. The first-order valence-electron chi connectivity index (χ1n) is 5.67. The fourth-order valence-electron chi connectivity index (χ4n) is 2.18. The number of carbonyl (C=O) groups is 1. The molecule has 92 valence electrons. The number of aliphatic carboxylic acids is 1. The molecule has 2 aromatic heterocycles. The van der Waals surface area contributed by atoms with Gasteiger partial charge in [0.2, 0.25) is 0 Å². The standard InChI is InChI=1S/C11H11N5O2/c17-10(18)11(4-2-5-11)16-9(13-14-15-16)8-3-1-6-12-7-8/h1,3,6-7H,2,4-5H2,(H,17,18). The van der Waals surface area contributed by atoms with Gasteiger partial charge in [0.25, 0.3) is 0 Å². The van der Waals surface area contributed by atoms with Crippen LogP contribution in [0.4, 0.5) is 0 Å². The number of pyridine rings is 1. The fourth-order valence-corrected chi connectivity index (χ4v) is 2.18. The molecule has 7 nitrogen and oxygen atoms in total. The summed E-state index contributed by atoms with van der Waals surface area (Å²) in [4.78, 5) is 15.4. The van der Waals surface area contributed by atoms with E-state index in [1.54, 1.807) is 18.5 Å². The van der Waals surface area contributed by atoms with Crippen molar-refractivity contribution in [2.45, 2.75) is 24.8 Å². The van der Waals surface area contributed by atoms with Crippen molar-refractivity contribution in [3.63, 3.8) is 0 Å². The molecular weight excluding hydrogens is 234 g/mol. The zero-order valence-corrected chi connectivity index (χ0v) is 9.52. The van der Waals surface area contributed by atoms with Crippen LogP contribution in [0, 0.1) is 0 Å². The van der Waals surface area contributed by atoms with Gasteiger partial charge in [0.05, 0.1) is 0 Å². The Kier molecular flexibility index (Phi) is 2.32. The molecule has 0 saturated heterocycles. The van der Waals surface area contributed by atoms with Gasteiger partial charge in [-0.15, -0.1) is 5.10 Å². The molecule has 7 heteroatoms. The molecule has 2 aromatic rings. The summed E-state index contributed by atoms with van der Waals surface area (Å²) in [5.74, 6) is -0.434. The van der Waals surface area contributed by atoms with E-state index in [1.165, 1.54) is 4.68 Å². The van der Waals surface area contributed by atoms with Crippen LogP contribution in [-0.4, -0.2) is 36.3 Å². The summed E-state index contributed by atoms with van der Waals surface area (Å²) in [6.07, 6.45) is 5.25. The number of carboxylic acids is 1. The molecule has 1 N–H and O–H groups in total. The van der Waals surface area contributed by atoms with E-state index >= 15 is 0 Å². The van der Waals surface area contributed by atoms with Crippen LogP contribution in [0.1, 0.15) is 19.3 Å². The van der Waals surface area contributed by atoms with E-state index in [0.29, 0.717) is 18.7 Å². The second-order valence-corrected chi connectivity index (χ2v) is 4.35. The van der Waals surface area contributed by atoms with Gasteiger partial charge in [-0.3, -0.25) is 4.98 Å². The van der Waals surface area contributed by atoms with Crippen molar-refractivity contribution < 1.29 is 9.90 Å². The molecule has 0 spiro atoms. The largest absolute Gasteiger partial charge is 0.479 e. The quantitative estimate of drug-likeness (QED) is 0.855. The monoisotopic (exact) mass is 245 g/mol. The summed E-state index contributed by atoms with van der Waals surface area (Å²) in [6.45, 7) is 0. The molecule has 1 saturated carbocycles. The highest BCUT2D eigenvalue weighted by Crippen LogP contribution is 2.40. The lowest BCUT2D eigenvalue weighted by Gasteiger charge is -2.37. The second-order valence-electron chi connectivity index (χ2n) is 4.35. The van der Waals surface area contributed by atoms with Crippen LogP contribution in [-0.2, 0) is 10.3 Å². The van der Waals surface area contributed by atoms with Gasteiger partial charge in [-0.2, -0.15) is 0 Å². The molecule has 0 aliphatic heterocycles. The zero-order valence-electron chi connectivity index (χ0n) is 9.52. The second kappa shape index (κ2) is 3.86. The lowest BCUT2D eigenvalue weighted by molar-refractivity contribution is -0.153. The average molecular weight is 245 g/mol. The molecule has 0 amide bonds. The third-order valence-electron chi connectivity index (χ3n) is 3.37. The summed E-state index contributed by atoms with van der Waals surface area (Å²) >= 11 is 0. The van der Waals surface area contributed by atoms with Gasteiger partial charge in [-0.05, 0) is 41.8 Å². The highest BCUT2D eigenvalue weighted by molar-refractivity contribution is 5.78. The molecule has 3 rings (SSSR count). The van der Waals surface area contributed by atoms with Crippen LogP contribution in [0.25, 0.3) is 11.4 Å². The maximum Gasteiger partial charge on any atom is 0.331 e. The predicted molar refractivity (Wildman–Crippen MR) is 60.5 cm³/mol. The van der Waals surface area contributed by atoms with E-state index in [1.807, 2.05) is 6.07 Å². The van der Waals surface area contributed by atoms with E-state index in [2.05, 4.69) is 20.5 Å².